The van der Waals surface area contributed by atoms with E-state index < -0.39 is 0 Å². The van der Waals surface area contributed by atoms with Crippen molar-refractivity contribution in [3.63, 3.8) is 0 Å². The number of hydrogen-bond acceptors (Lipinski definition) is 1. The van der Waals surface area contributed by atoms with Gasteiger partial charge < -0.3 is 4.57 Å². The fraction of sp³-hybridized carbons (Fsp3) is 0.533. The summed E-state index contributed by atoms with van der Waals surface area (Å²) in [4.78, 5) is 3.86. The zero-order chi connectivity index (χ0) is 12.8. The van der Waals surface area contributed by atoms with E-state index in [2.05, 4.69) is 25.1 Å². The average Bonchev–Trinajstić information content (AvgIpc) is 2.83. The lowest BCUT2D eigenvalue weighted by molar-refractivity contribution is 0.638. The number of unbranched alkanes of at least 4 members (excludes halogenated alkanes) is 5. The zero-order valence-corrected chi connectivity index (χ0v) is 11.1. The van der Waals surface area contributed by atoms with Crippen molar-refractivity contribution in [1.29, 1.82) is 0 Å². The predicted molar refractivity (Wildman–Crippen MR) is 76.0 cm³/mol. The molecule has 0 N–H and O–H groups in total. The highest BCUT2D eigenvalue weighted by Gasteiger charge is 1.84. The Labute approximate surface area is 106 Å². The molecule has 0 aliphatic carbocycles. The molecule has 0 saturated carbocycles. The molecular weight excluding hydrogens is 208 g/mol. The molecule has 0 aromatic carbocycles. The third-order valence-corrected chi connectivity index (χ3v) is 2.41. The molecule has 0 amide bonds. The molecule has 0 fully saturated rings. The van der Waals surface area contributed by atoms with Crippen LogP contribution < -0.4 is 0 Å². The zero-order valence-electron chi connectivity index (χ0n) is 11.1. The summed E-state index contributed by atoms with van der Waals surface area (Å²) in [6.07, 6.45) is 17.3. The van der Waals surface area contributed by atoms with Gasteiger partial charge in [0.15, 0.2) is 0 Å². The molecule has 0 aliphatic rings. The molecular formula is C15H26N2. The van der Waals surface area contributed by atoms with E-state index >= 15 is 0 Å². The predicted octanol–water partition coefficient (Wildman–Crippen LogP) is 4.60. The minimum absolute atomic E-state index is 0.847. The van der Waals surface area contributed by atoms with Gasteiger partial charge in [0.2, 0.25) is 0 Å². The van der Waals surface area contributed by atoms with Gasteiger partial charge in [-0.25, -0.2) is 4.98 Å². The molecule has 0 unspecified atom stereocenters. The third-order valence-electron chi connectivity index (χ3n) is 2.41. The van der Waals surface area contributed by atoms with Gasteiger partial charge in [-0.2, -0.15) is 0 Å². The van der Waals surface area contributed by atoms with Gasteiger partial charge in [-0.05, 0) is 12.8 Å². The maximum absolute atomic E-state index is 3.86. The van der Waals surface area contributed by atoms with Gasteiger partial charge in [0, 0.05) is 18.9 Å². The second-order valence-corrected chi connectivity index (χ2v) is 4.04. The fourth-order valence-corrected chi connectivity index (χ4v) is 1.44. The summed E-state index contributed by atoms with van der Waals surface area (Å²) in [5.41, 5.74) is 0. The molecule has 1 aromatic heterocycles. The Hall–Kier alpha value is -1.31. The first-order valence-corrected chi connectivity index (χ1v) is 6.52. The molecule has 0 spiro atoms. The second kappa shape index (κ2) is 12.8. The van der Waals surface area contributed by atoms with Crippen molar-refractivity contribution in [1.82, 2.24) is 9.55 Å². The first kappa shape index (κ1) is 15.7. The van der Waals surface area contributed by atoms with E-state index in [1.165, 1.54) is 38.5 Å². The largest absolute Gasteiger partial charge is 0.334 e. The summed E-state index contributed by atoms with van der Waals surface area (Å²) < 4.78 is 1.95. The number of nitrogens with zero attached hydrogens (tertiary/aromatic N) is 2. The van der Waals surface area contributed by atoms with E-state index in [4.69, 9.17) is 0 Å². The van der Waals surface area contributed by atoms with Crippen molar-refractivity contribution in [3.05, 3.63) is 44.0 Å². The Bertz CT molecular complexity index is 262. The lowest BCUT2D eigenvalue weighted by Gasteiger charge is -1.94. The molecule has 0 aliphatic heterocycles. The number of imidazole rings is 1. The van der Waals surface area contributed by atoms with E-state index in [0.29, 0.717) is 0 Å². The van der Waals surface area contributed by atoms with Crippen LogP contribution in [0.1, 0.15) is 45.4 Å². The summed E-state index contributed by atoms with van der Waals surface area (Å²) >= 11 is 0. The first-order valence-electron chi connectivity index (χ1n) is 6.52. The highest BCUT2D eigenvalue weighted by Crippen LogP contribution is 2.04. The Morgan fingerprint density at radius 1 is 1.12 bits per heavy atom. The Morgan fingerprint density at radius 2 is 1.88 bits per heavy atom. The Balaban J connectivity index is 0.000000302. The molecule has 1 rings (SSSR count). The van der Waals surface area contributed by atoms with Crippen molar-refractivity contribution in [2.24, 2.45) is 0 Å². The van der Waals surface area contributed by atoms with Crippen molar-refractivity contribution in [2.75, 3.05) is 0 Å². The van der Waals surface area contributed by atoms with E-state index in [9.17, 15) is 0 Å². The van der Waals surface area contributed by atoms with Crippen molar-refractivity contribution >= 4 is 0 Å². The van der Waals surface area contributed by atoms with Gasteiger partial charge in [0.1, 0.15) is 0 Å². The molecule has 0 radical (unpaired) electrons. The molecule has 0 saturated heterocycles. The minimum atomic E-state index is 0.847. The smallest absolute Gasteiger partial charge is 0.0948 e. The van der Waals surface area contributed by atoms with E-state index in [0.717, 1.165) is 6.54 Å². The van der Waals surface area contributed by atoms with Crippen molar-refractivity contribution in [3.8, 4) is 0 Å². The van der Waals surface area contributed by atoms with Crippen LogP contribution in [-0.4, -0.2) is 9.55 Å². The maximum atomic E-state index is 3.86. The summed E-state index contributed by atoms with van der Waals surface area (Å²) in [6.45, 7) is 10.4. The molecule has 0 bridgehead atoms. The van der Waals surface area contributed by atoms with Crippen LogP contribution in [0.2, 0.25) is 0 Å². The monoisotopic (exact) mass is 234 g/mol. The molecule has 96 valence electrons. The van der Waals surface area contributed by atoms with Crippen LogP contribution in [0, 0.1) is 0 Å². The molecule has 1 heterocycles. The minimum Gasteiger partial charge on any atom is -0.334 e. The number of aromatic nitrogens is 2. The topological polar surface area (TPSA) is 17.8 Å². The van der Waals surface area contributed by atoms with Crippen LogP contribution >= 0.6 is 0 Å². The van der Waals surface area contributed by atoms with Gasteiger partial charge in [0.05, 0.1) is 6.33 Å². The van der Waals surface area contributed by atoms with Gasteiger partial charge in [-0.3, -0.25) is 0 Å². The molecule has 2 heteroatoms. The average molecular weight is 234 g/mol. The van der Waals surface area contributed by atoms with Crippen LogP contribution in [0.3, 0.4) is 0 Å². The maximum Gasteiger partial charge on any atom is 0.0948 e. The summed E-state index contributed by atoms with van der Waals surface area (Å²) in [7, 11) is 0. The summed E-state index contributed by atoms with van der Waals surface area (Å²) in [6, 6.07) is 0. The quantitative estimate of drug-likeness (QED) is 0.474. The van der Waals surface area contributed by atoms with Gasteiger partial charge in [-0.15, -0.1) is 13.2 Å². The summed E-state index contributed by atoms with van der Waals surface area (Å²) in [5, 5.41) is 0. The SMILES string of the molecule is C=CCCCCCCC.C=CCn1ccnc1. The van der Waals surface area contributed by atoms with Crippen LogP contribution in [0.25, 0.3) is 0 Å². The second-order valence-electron chi connectivity index (χ2n) is 4.04. The Morgan fingerprint density at radius 3 is 2.41 bits per heavy atom. The van der Waals surface area contributed by atoms with E-state index in [1.807, 2.05) is 22.9 Å². The summed E-state index contributed by atoms with van der Waals surface area (Å²) in [5.74, 6) is 0. The highest BCUT2D eigenvalue weighted by molar-refractivity contribution is 4.78. The first-order chi connectivity index (χ1) is 8.35. The van der Waals surface area contributed by atoms with Gasteiger partial charge in [0.25, 0.3) is 0 Å². The van der Waals surface area contributed by atoms with E-state index in [1.54, 1.807) is 12.5 Å². The van der Waals surface area contributed by atoms with Gasteiger partial charge >= 0.3 is 0 Å². The molecule has 0 atom stereocenters. The van der Waals surface area contributed by atoms with Crippen LogP contribution in [0.15, 0.2) is 44.0 Å². The highest BCUT2D eigenvalue weighted by atomic mass is 15.0. The van der Waals surface area contributed by atoms with E-state index in [-0.39, 0.29) is 0 Å². The molecule has 2 nitrogen and oxygen atoms in total. The standard InChI is InChI=1S/C9H18.C6H8N2/c1-3-5-7-9-8-6-4-2;1-2-4-8-5-3-7-6-8/h3H,1,4-9H2,2H3;2-3,5-6H,1,4H2. The van der Waals surface area contributed by atoms with Crippen molar-refractivity contribution in [2.45, 2.75) is 52.0 Å². The lowest BCUT2D eigenvalue weighted by Crippen LogP contribution is -1.87. The van der Waals surface area contributed by atoms with Crippen LogP contribution in [-0.2, 0) is 6.54 Å². The normalized spacial score (nSPS) is 9.24. The number of rotatable bonds is 8. The number of hydrogen-bond donors (Lipinski definition) is 0. The number of allylic oxidation sites excluding steroid dienone is 2. The van der Waals surface area contributed by atoms with Crippen LogP contribution in [0.5, 0.6) is 0 Å². The molecule has 17 heavy (non-hydrogen) atoms. The van der Waals surface area contributed by atoms with Crippen LogP contribution in [0.4, 0.5) is 0 Å². The van der Waals surface area contributed by atoms with Crippen molar-refractivity contribution < 1.29 is 0 Å². The fourth-order valence-electron chi connectivity index (χ4n) is 1.44. The molecule has 1 aromatic rings. The lowest BCUT2D eigenvalue weighted by atomic mass is 10.1. The van der Waals surface area contributed by atoms with Gasteiger partial charge in [-0.1, -0.05) is 44.8 Å². The Kier molecular flexibility index (Phi) is 11.8. The third kappa shape index (κ3) is 11.0.